The maximum Gasteiger partial charge on any atom is 0.320 e. The van der Waals surface area contributed by atoms with Crippen molar-refractivity contribution in [2.45, 2.75) is 37.4 Å². The molecule has 0 fully saturated rings. The van der Waals surface area contributed by atoms with Gasteiger partial charge in [-0.25, -0.2) is 4.98 Å². The molecule has 2 unspecified atom stereocenters. The van der Waals surface area contributed by atoms with Crippen LogP contribution in [0.2, 0.25) is 0 Å². The first-order valence-corrected chi connectivity index (χ1v) is 8.21. The third-order valence-corrected chi connectivity index (χ3v) is 4.71. The van der Waals surface area contributed by atoms with Crippen LogP contribution >= 0.6 is 11.3 Å². The predicted octanol–water partition coefficient (Wildman–Crippen LogP) is 0.465. The zero-order chi connectivity index (χ0) is 17.9. The Hall–Kier alpha value is -2.23. The summed E-state index contributed by atoms with van der Waals surface area (Å²) in [6, 6.07) is -0.175. The zero-order valence-electron chi connectivity index (χ0n) is 13.1. The third kappa shape index (κ3) is 3.81. The number of hydrogen-bond donors (Lipinski definition) is 4. The van der Waals surface area contributed by atoms with Gasteiger partial charge < -0.3 is 26.2 Å². The molecule has 0 radical (unpaired) electrons. The van der Waals surface area contributed by atoms with Crippen LogP contribution in [0.5, 0.6) is 0 Å². The van der Waals surface area contributed by atoms with E-state index in [1.54, 1.807) is 17.1 Å². The lowest BCUT2D eigenvalue weighted by Crippen LogP contribution is -2.41. The first-order chi connectivity index (χ1) is 11.2. The molecule has 0 bridgehead atoms. The number of aliphatic carboxylic acids is 2. The molecular weight excluding hydrogens is 332 g/mol. The molecule has 0 spiro atoms. The van der Waals surface area contributed by atoms with E-state index in [1.807, 2.05) is 23.8 Å². The molecule has 0 aliphatic rings. The van der Waals surface area contributed by atoms with Crippen molar-refractivity contribution in [1.82, 2.24) is 9.55 Å². The van der Waals surface area contributed by atoms with Crippen molar-refractivity contribution in [2.75, 3.05) is 0 Å². The van der Waals surface area contributed by atoms with Gasteiger partial charge in [-0.2, -0.15) is 11.3 Å². The van der Waals surface area contributed by atoms with Gasteiger partial charge in [0.25, 0.3) is 0 Å². The van der Waals surface area contributed by atoms with Gasteiger partial charge in [0.2, 0.25) is 0 Å². The highest BCUT2D eigenvalue weighted by atomic mass is 32.1. The van der Waals surface area contributed by atoms with E-state index in [0.717, 1.165) is 5.56 Å². The minimum absolute atomic E-state index is 0.0903. The minimum Gasteiger partial charge on any atom is -0.480 e. The quantitative estimate of drug-likeness (QED) is 0.540. The van der Waals surface area contributed by atoms with Crippen LogP contribution in [0.3, 0.4) is 0 Å². The highest BCUT2D eigenvalue weighted by molar-refractivity contribution is 7.08. The fraction of sp³-hybridized carbons (Fsp3) is 0.400. The van der Waals surface area contributed by atoms with E-state index in [2.05, 4.69) is 4.98 Å². The molecule has 24 heavy (non-hydrogen) atoms. The van der Waals surface area contributed by atoms with Crippen molar-refractivity contribution >= 4 is 23.3 Å². The molecule has 0 saturated heterocycles. The first kappa shape index (κ1) is 18.1. The molecule has 2 heterocycles. The Morgan fingerprint density at radius 2 is 2.00 bits per heavy atom. The van der Waals surface area contributed by atoms with Gasteiger partial charge in [0.05, 0.1) is 17.6 Å². The van der Waals surface area contributed by atoms with Crippen LogP contribution in [0.25, 0.3) is 0 Å². The lowest BCUT2D eigenvalue weighted by molar-refractivity contribution is -0.139. The molecule has 2 aromatic heterocycles. The minimum atomic E-state index is -1.10. The van der Waals surface area contributed by atoms with E-state index in [1.165, 1.54) is 11.3 Å². The van der Waals surface area contributed by atoms with E-state index in [0.29, 0.717) is 5.69 Å². The molecule has 3 atom stereocenters. The fourth-order valence-electron chi connectivity index (χ4n) is 2.51. The van der Waals surface area contributed by atoms with E-state index < -0.39 is 29.6 Å². The topological polar surface area (TPSA) is 144 Å². The lowest BCUT2D eigenvalue weighted by Gasteiger charge is -2.32. The molecule has 0 aliphatic heterocycles. The number of hydrogen-bond acceptors (Lipinski definition) is 6. The number of carbonyl (C=O) groups is 2. The monoisotopic (exact) mass is 352 g/mol. The Kier molecular flexibility index (Phi) is 5.37. The average Bonchev–Trinajstić information content (AvgIpc) is 3.18. The van der Waals surface area contributed by atoms with E-state index >= 15 is 0 Å². The van der Waals surface area contributed by atoms with Crippen molar-refractivity contribution in [3.8, 4) is 0 Å². The van der Waals surface area contributed by atoms with Crippen LogP contribution in [-0.4, -0.2) is 43.8 Å². The number of carboxylic acids is 2. The van der Waals surface area contributed by atoms with E-state index in [-0.39, 0.29) is 12.8 Å². The van der Waals surface area contributed by atoms with Crippen LogP contribution in [0.4, 0.5) is 0 Å². The number of carboxylic acid groups (broad SMARTS) is 2. The number of nitrogens with zero attached hydrogens (tertiary/aromatic N) is 2. The van der Waals surface area contributed by atoms with E-state index in [9.17, 15) is 9.59 Å². The van der Waals surface area contributed by atoms with Crippen molar-refractivity contribution in [3.63, 3.8) is 0 Å². The van der Waals surface area contributed by atoms with Crippen molar-refractivity contribution in [2.24, 2.45) is 11.5 Å². The fourth-order valence-corrected chi connectivity index (χ4v) is 3.29. The Bertz CT molecular complexity index is 715. The Morgan fingerprint density at radius 1 is 1.33 bits per heavy atom. The van der Waals surface area contributed by atoms with Gasteiger partial charge in [-0.15, -0.1) is 0 Å². The molecule has 2 aromatic rings. The normalized spacial score (nSPS) is 16.3. The van der Waals surface area contributed by atoms with Crippen LogP contribution in [-0.2, 0) is 21.5 Å². The van der Waals surface area contributed by atoms with Gasteiger partial charge in [-0.05, 0) is 29.3 Å². The second kappa shape index (κ2) is 7.12. The Balaban J connectivity index is 2.33. The molecular formula is C15H20N4O4S. The summed E-state index contributed by atoms with van der Waals surface area (Å²) in [5.74, 6) is -2.18. The summed E-state index contributed by atoms with van der Waals surface area (Å²) in [6.45, 7) is 1.88. The Labute approximate surface area is 142 Å². The second-order valence-electron chi connectivity index (χ2n) is 5.86. The second-order valence-corrected chi connectivity index (χ2v) is 6.64. The molecule has 9 heteroatoms. The molecule has 0 aromatic carbocycles. The van der Waals surface area contributed by atoms with Gasteiger partial charge in [0.1, 0.15) is 12.1 Å². The smallest absolute Gasteiger partial charge is 0.320 e. The standard InChI is InChI=1S/C15H20N4O4S/c1-15(5-12(17)14(22)23,9-2-3-24-7-9)19-6-10(18-8-19)4-11(16)13(20)21/h2-3,6-8,11-12H,4-5,16-17H2,1H3,(H,20,21)(H,22,23)/t11-,12?,15?/m0/s1. The molecule has 130 valence electrons. The highest BCUT2D eigenvalue weighted by Gasteiger charge is 2.34. The molecule has 6 N–H and O–H groups in total. The Morgan fingerprint density at radius 3 is 2.54 bits per heavy atom. The van der Waals surface area contributed by atoms with Gasteiger partial charge >= 0.3 is 11.9 Å². The van der Waals surface area contributed by atoms with E-state index in [4.69, 9.17) is 21.7 Å². The summed E-state index contributed by atoms with van der Waals surface area (Å²) in [5.41, 5.74) is 12.0. The van der Waals surface area contributed by atoms with Gasteiger partial charge in [-0.1, -0.05) is 0 Å². The number of thiophene rings is 1. The zero-order valence-corrected chi connectivity index (χ0v) is 13.9. The van der Waals surface area contributed by atoms with Gasteiger partial charge in [-0.3, -0.25) is 9.59 Å². The van der Waals surface area contributed by atoms with Crippen LogP contribution in [0, 0.1) is 0 Å². The number of aromatic nitrogens is 2. The molecule has 2 rings (SSSR count). The van der Waals surface area contributed by atoms with Crippen LogP contribution in [0.1, 0.15) is 24.6 Å². The molecule has 0 amide bonds. The maximum atomic E-state index is 11.2. The van der Waals surface area contributed by atoms with Gasteiger partial charge in [0, 0.05) is 19.0 Å². The predicted molar refractivity (Wildman–Crippen MR) is 88.8 cm³/mol. The summed E-state index contributed by atoms with van der Waals surface area (Å²) in [6.07, 6.45) is 3.50. The maximum absolute atomic E-state index is 11.2. The largest absolute Gasteiger partial charge is 0.480 e. The number of nitrogens with two attached hydrogens (primary N) is 2. The summed E-state index contributed by atoms with van der Waals surface area (Å²) >= 11 is 1.50. The lowest BCUT2D eigenvalue weighted by atomic mass is 9.87. The van der Waals surface area contributed by atoms with Crippen LogP contribution in [0.15, 0.2) is 29.4 Å². The van der Waals surface area contributed by atoms with Crippen molar-refractivity contribution in [3.05, 3.63) is 40.6 Å². The van der Waals surface area contributed by atoms with Gasteiger partial charge in [0.15, 0.2) is 0 Å². The average molecular weight is 352 g/mol. The number of imidazole rings is 1. The third-order valence-electron chi connectivity index (χ3n) is 4.03. The first-order valence-electron chi connectivity index (χ1n) is 7.27. The summed E-state index contributed by atoms with van der Waals surface area (Å²) < 4.78 is 1.77. The van der Waals surface area contributed by atoms with Crippen LogP contribution < -0.4 is 11.5 Å². The molecule has 0 saturated carbocycles. The van der Waals surface area contributed by atoms with Crippen molar-refractivity contribution < 1.29 is 19.8 Å². The summed E-state index contributed by atoms with van der Waals surface area (Å²) in [5, 5.41) is 21.9. The molecule has 8 nitrogen and oxygen atoms in total. The number of rotatable bonds is 8. The SMILES string of the molecule is CC(CC(N)C(=O)O)(c1ccsc1)n1cnc(C[C@H](N)C(=O)O)c1. The molecule has 0 aliphatic carbocycles. The highest BCUT2D eigenvalue weighted by Crippen LogP contribution is 2.32. The van der Waals surface area contributed by atoms with Crippen molar-refractivity contribution in [1.29, 1.82) is 0 Å². The summed E-state index contributed by atoms with van der Waals surface area (Å²) in [7, 11) is 0. The summed E-state index contributed by atoms with van der Waals surface area (Å²) in [4.78, 5) is 26.3.